The van der Waals surface area contributed by atoms with Crippen LogP contribution < -0.4 is 5.73 Å². The molecule has 1 aromatic rings. The van der Waals surface area contributed by atoms with Crippen LogP contribution in [0.1, 0.15) is 51.2 Å². The monoisotopic (exact) mass is 284 g/mol. The van der Waals surface area contributed by atoms with Crippen molar-refractivity contribution in [1.82, 2.24) is 4.90 Å². The summed E-state index contributed by atoms with van der Waals surface area (Å²) in [5, 5.41) is 0. The van der Waals surface area contributed by atoms with Crippen molar-refractivity contribution < 1.29 is 0 Å². The second-order valence-corrected chi connectivity index (χ2v) is 7.54. The Morgan fingerprint density at radius 2 is 1.95 bits per heavy atom. The number of nitrogens with two attached hydrogens (primary N) is 1. The Kier molecular flexibility index (Phi) is 3.83. The highest BCUT2D eigenvalue weighted by atomic mass is 15.1. The van der Waals surface area contributed by atoms with Crippen LogP contribution in [-0.2, 0) is 13.0 Å². The molecule has 0 amide bonds. The lowest BCUT2D eigenvalue weighted by Gasteiger charge is -2.41. The van der Waals surface area contributed by atoms with Crippen LogP contribution in [-0.4, -0.2) is 18.0 Å². The zero-order valence-electron chi connectivity index (χ0n) is 13.7. The fourth-order valence-electron chi connectivity index (χ4n) is 4.02. The zero-order valence-corrected chi connectivity index (χ0v) is 13.7. The summed E-state index contributed by atoms with van der Waals surface area (Å²) in [5.74, 6) is 0. The van der Waals surface area contributed by atoms with E-state index in [1.807, 2.05) is 6.07 Å². The van der Waals surface area contributed by atoms with Crippen LogP contribution in [0.5, 0.6) is 0 Å². The van der Waals surface area contributed by atoms with Gasteiger partial charge in [0.25, 0.3) is 0 Å². The quantitative estimate of drug-likeness (QED) is 0.653. The van der Waals surface area contributed by atoms with E-state index in [1.165, 1.54) is 43.5 Å². The van der Waals surface area contributed by atoms with Crippen molar-refractivity contribution >= 4 is 5.69 Å². The highest BCUT2D eigenvalue weighted by Crippen LogP contribution is 2.40. The molecule has 1 aliphatic heterocycles. The average molecular weight is 284 g/mol. The Balaban J connectivity index is 1.69. The van der Waals surface area contributed by atoms with Gasteiger partial charge in [-0.15, -0.1) is 0 Å². The molecule has 0 radical (unpaired) electrons. The second kappa shape index (κ2) is 5.49. The Morgan fingerprint density at radius 1 is 1.14 bits per heavy atom. The van der Waals surface area contributed by atoms with Gasteiger partial charge in [-0.2, -0.15) is 0 Å². The maximum Gasteiger partial charge on any atom is 0.0316 e. The normalized spacial score (nSPS) is 26.8. The number of nitrogen functional groups attached to an aromatic ring is 1. The Labute approximate surface area is 129 Å². The van der Waals surface area contributed by atoms with Crippen LogP contribution in [0.3, 0.4) is 0 Å². The molecule has 2 nitrogen and oxygen atoms in total. The summed E-state index contributed by atoms with van der Waals surface area (Å²) in [6.07, 6.45) is 5.03. The van der Waals surface area contributed by atoms with Crippen LogP contribution in [0.15, 0.2) is 29.3 Å². The van der Waals surface area contributed by atoms with Crippen molar-refractivity contribution in [2.24, 2.45) is 5.41 Å². The first-order valence-corrected chi connectivity index (χ1v) is 8.20. The smallest absolute Gasteiger partial charge is 0.0316 e. The van der Waals surface area contributed by atoms with Crippen molar-refractivity contribution in [2.45, 2.75) is 53.0 Å². The van der Waals surface area contributed by atoms with Gasteiger partial charge in [0.05, 0.1) is 0 Å². The number of nitrogens with zero attached hydrogens (tertiary/aromatic N) is 1. The van der Waals surface area contributed by atoms with Crippen molar-refractivity contribution in [3.8, 4) is 0 Å². The number of hydrogen-bond donors (Lipinski definition) is 1. The fraction of sp³-hybridized carbons (Fsp3) is 0.579. The average Bonchev–Trinajstić information content (AvgIpc) is 2.43. The molecule has 0 saturated carbocycles. The van der Waals surface area contributed by atoms with Gasteiger partial charge in [-0.3, -0.25) is 4.90 Å². The van der Waals surface area contributed by atoms with E-state index < -0.39 is 0 Å². The summed E-state index contributed by atoms with van der Waals surface area (Å²) in [7, 11) is 0. The molecule has 2 heteroatoms. The van der Waals surface area contributed by atoms with Crippen molar-refractivity contribution in [2.75, 3.05) is 18.8 Å². The Hall–Kier alpha value is -1.28. The molecule has 0 saturated heterocycles. The molecule has 114 valence electrons. The van der Waals surface area contributed by atoms with E-state index in [0.717, 1.165) is 18.7 Å². The minimum absolute atomic E-state index is 0.453. The largest absolute Gasteiger partial charge is 0.399 e. The predicted molar refractivity (Wildman–Crippen MR) is 90.2 cm³/mol. The van der Waals surface area contributed by atoms with Crippen LogP contribution >= 0.6 is 0 Å². The van der Waals surface area contributed by atoms with E-state index in [2.05, 4.69) is 37.8 Å². The molecule has 1 aromatic carbocycles. The molecule has 2 N–H and O–H groups in total. The maximum atomic E-state index is 5.90. The number of anilines is 1. The highest BCUT2D eigenvalue weighted by Gasteiger charge is 2.31. The fourth-order valence-corrected chi connectivity index (χ4v) is 4.02. The minimum Gasteiger partial charge on any atom is -0.399 e. The van der Waals surface area contributed by atoms with Crippen molar-refractivity contribution in [3.63, 3.8) is 0 Å². The lowest BCUT2D eigenvalue weighted by Crippen LogP contribution is -2.40. The van der Waals surface area contributed by atoms with Gasteiger partial charge < -0.3 is 5.73 Å². The van der Waals surface area contributed by atoms with Gasteiger partial charge in [-0.05, 0) is 68.2 Å². The number of rotatable bonds is 2. The third-order valence-corrected chi connectivity index (χ3v) is 5.45. The summed E-state index contributed by atoms with van der Waals surface area (Å²) in [4.78, 5) is 2.65. The molecule has 0 spiro atoms. The first kappa shape index (κ1) is 14.6. The summed E-state index contributed by atoms with van der Waals surface area (Å²) in [6, 6.07) is 6.42. The van der Waals surface area contributed by atoms with E-state index >= 15 is 0 Å². The molecule has 1 atom stereocenters. The maximum absolute atomic E-state index is 5.90. The van der Waals surface area contributed by atoms with Gasteiger partial charge in [0, 0.05) is 25.3 Å². The van der Waals surface area contributed by atoms with E-state index in [0.29, 0.717) is 5.41 Å². The van der Waals surface area contributed by atoms with Gasteiger partial charge in [0.15, 0.2) is 0 Å². The van der Waals surface area contributed by atoms with Crippen LogP contribution in [0, 0.1) is 5.41 Å². The van der Waals surface area contributed by atoms with Gasteiger partial charge in [0.1, 0.15) is 0 Å². The highest BCUT2D eigenvalue weighted by molar-refractivity contribution is 5.45. The minimum atomic E-state index is 0.453. The van der Waals surface area contributed by atoms with Crippen LogP contribution in [0.25, 0.3) is 0 Å². The van der Waals surface area contributed by atoms with Gasteiger partial charge in [0.2, 0.25) is 0 Å². The summed E-state index contributed by atoms with van der Waals surface area (Å²) in [5.41, 5.74) is 13.4. The third-order valence-electron chi connectivity index (χ3n) is 5.45. The van der Waals surface area contributed by atoms with E-state index in [4.69, 9.17) is 5.73 Å². The first-order chi connectivity index (χ1) is 9.95. The van der Waals surface area contributed by atoms with E-state index in [1.54, 1.807) is 11.1 Å². The molecule has 2 aliphatic rings. The second-order valence-electron chi connectivity index (χ2n) is 7.54. The SMILES string of the molecule is CC1=C(C)CC(C)(CN2CCc3cc(N)ccc3C2)CC1. The molecule has 1 heterocycles. The molecular formula is C19H28N2. The van der Waals surface area contributed by atoms with Gasteiger partial charge >= 0.3 is 0 Å². The number of fused-ring (bicyclic) bond motifs is 1. The number of allylic oxidation sites excluding steroid dienone is 2. The van der Waals surface area contributed by atoms with Gasteiger partial charge in [-0.25, -0.2) is 0 Å². The summed E-state index contributed by atoms with van der Waals surface area (Å²) in [6.45, 7) is 10.6. The van der Waals surface area contributed by atoms with Crippen molar-refractivity contribution in [3.05, 3.63) is 40.5 Å². The van der Waals surface area contributed by atoms with E-state index in [9.17, 15) is 0 Å². The van der Waals surface area contributed by atoms with E-state index in [-0.39, 0.29) is 0 Å². The first-order valence-electron chi connectivity index (χ1n) is 8.20. The molecule has 3 rings (SSSR count). The molecule has 0 bridgehead atoms. The predicted octanol–water partition coefficient (Wildman–Crippen LogP) is 4.15. The molecule has 0 aromatic heterocycles. The Bertz CT molecular complexity index is 573. The Morgan fingerprint density at radius 3 is 2.71 bits per heavy atom. The summed E-state index contributed by atoms with van der Waals surface area (Å²) >= 11 is 0. The molecular weight excluding hydrogens is 256 g/mol. The van der Waals surface area contributed by atoms with Gasteiger partial charge in [-0.1, -0.05) is 24.1 Å². The lowest BCUT2D eigenvalue weighted by molar-refractivity contribution is 0.136. The number of benzene rings is 1. The molecule has 1 unspecified atom stereocenters. The molecule has 0 fully saturated rings. The topological polar surface area (TPSA) is 29.3 Å². The lowest BCUT2D eigenvalue weighted by atomic mass is 9.73. The standard InChI is InChI=1S/C19H28N2/c1-14-6-8-19(3,11-15(14)2)13-21-9-7-16-10-18(20)5-4-17(16)12-21/h4-5,10H,6-9,11-13,20H2,1-3H3. The number of hydrogen-bond acceptors (Lipinski definition) is 2. The molecule has 1 aliphatic carbocycles. The zero-order chi connectivity index (χ0) is 15.0. The molecule has 21 heavy (non-hydrogen) atoms. The summed E-state index contributed by atoms with van der Waals surface area (Å²) < 4.78 is 0. The van der Waals surface area contributed by atoms with Crippen molar-refractivity contribution in [1.29, 1.82) is 0 Å². The van der Waals surface area contributed by atoms with Crippen LogP contribution in [0.2, 0.25) is 0 Å². The third kappa shape index (κ3) is 3.16. The van der Waals surface area contributed by atoms with Crippen LogP contribution in [0.4, 0.5) is 5.69 Å².